The van der Waals surface area contributed by atoms with E-state index in [1.807, 2.05) is 19.1 Å². The first kappa shape index (κ1) is 21.6. The van der Waals surface area contributed by atoms with Gasteiger partial charge in [0.1, 0.15) is 0 Å². The lowest BCUT2D eigenvalue weighted by atomic mass is 9.81. The van der Waals surface area contributed by atoms with Crippen LogP contribution in [0, 0.1) is 5.41 Å². The third-order valence-electron chi connectivity index (χ3n) is 5.00. The number of nitrogens with one attached hydrogen (secondary N) is 2. The van der Waals surface area contributed by atoms with Crippen LogP contribution < -0.4 is 10.6 Å². The first-order chi connectivity index (χ1) is 12.5. The Balaban J connectivity index is 0.00000261. The number of halogens is 2. The Morgan fingerprint density at radius 2 is 2.00 bits per heavy atom. The molecule has 0 spiro atoms. The molecule has 2 N–H and O–H groups in total. The molecule has 0 saturated carbocycles. The van der Waals surface area contributed by atoms with Gasteiger partial charge in [0, 0.05) is 17.1 Å². The number of benzene rings is 1. The van der Waals surface area contributed by atoms with Gasteiger partial charge in [-0.1, -0.05) is 25.4 Å². The van der Waals surface area contributed by atoms with Gasteiger partial charge in [-0.15, -0.1) is 22.6 Å². The van der Waals surface area contributed by atoms with Crippen molar-refractivity contribution in [2.75, 3.05) is 19.6 Å². The van der Waals surface area contributed by atoms with Gasteiger partial charge in [0.25, 0.3) is 0 Å². The van der Waals surface area contributed by atoms with Gasteiger partial charge in [0.15, 0.2) is 6.04 Å². The number of piperidine rings is 1. The molecule has 1 aromatic heterocycles. The van der Waals surface area contributed by atoms with E-state index in [9.17, 15) is 4.79 Å². The van der Waals surface area contributed by atoms with Crippen LogP contribution in [0.1, 0.15) is 39.2 Å². The highest BCUT2D eigenvalue weighted by Crippen LogP contribution is 2.27. The molecule has 0 aliphatic carbocycles. The molecule has 148 valence electrons. The number of aromatic nitrogens is 4. The summed E-state index contributed by atoms with van der Waals surface area (Å²) in [6.07, 6.45) is 2.72. The van der Waals surface area contributed by atoms with E-state index in [1.54, 1.807) is 12.1 Å². The predicted octanol–water partition coefficient (Wildman–Crippen LogP) is 2.87. The minimum absolute atomic E-state index is 0. The number of amides is 1. The van der Waals surface area contributed by atoms with Crippen LogP contribution in [0.25, 0.3) is 11.4 Å². The van der Waals surface area contributed by atoms with Gasteiger partial charge < -0.3 is 10.6 Å². The molecule has 1 saturated heterocycles. The molecular formula is C18H26Cl2N6O. The Hall–Kier alpha value is -1.70. The lowest BCUT2D eigenvalue weighted by Crippen LogP contribution is -2.44. The third-order valence-corrected chi connectivity index (χ3v) is 5.25. The summed E-state index contributed by atoms with van der Waals surface area (Å²) >= 11 is 5.91. The second-order valence-corrected chi connectivity index (χ2v) is 7.58. The van der Waals surface area contributed by atoms with Gasteiger partial charge in [-0.25, -0.2) is 0 Å². The van der Waals surface area contributed by atoms with Crippen LogP contribution in [0.15, 0.2) is 24.3 Å². The van der Waals surface area contributed by atoms with Crippen LogP contribution in [-0.4, -0.2) is 45.7 Å². The highest BCUT2D eigenvalue weighted by molar-refractivity contribution is 6.30. The van der Waals surface area contributed by atoms with E-state index in [-0.39, 0.29) is 23.7 Å². The zero-order valence-corrected chi connectivity index (χ0v) is 17.2. The van der Waals surface area contributed by atoms with Gasteiger partial charge in [-0.3, -0.25) is 4.79 Å². The average molecular weight is 413 g/mol. The van der Waals surface area contributed by atoms with Crippen LogP contribution in [-0.2, 0) is 4.79 Å². The van der Waals surface area contributed by atoms with Crippen LogP contribution in [0.4, 0.5) is 0 Å². The fourth-order valence-corrected chi connectivity index (χ4v) is 3.28. The summed E-state index contributed by atoms with van der Waals surface area (Å²) in [6.45, 7) is 6.84. The summed E-state index contributed by atoms with van der Waals surface area (Å²) in [6, 6.07) is 6.77. The Morgan fingerprint density at radius 3 is 2.63 bits per heavy atom. The summed E-state index contributed by atoms with van der Waals surface area (Å²) in [4.78, 5) is 14.1. The van der Waals surface area contributed by atoms with Crippen molar-refractivity contribution in [3.8, 4) is 11.4 Å². The second kappa shape index (κ2) is 9.48. The first-order valence-corrected chi connectivity index (χ1v) is 9.42. The van der Waals surface area contributed by atoms with E-state index in [4.69, 9.17) is 11.6 Å². The minimum atomic E-state index is -0.464. The van der Waals surface area contributed by atoms with Crippen LogP contribution in [0.3, 0.4) is 0 Å². The molecule has 0 radical (unpaired) electrons. The monoisotopic (exact) mass is 412 g/mol. The van der Waals surface area contributed by atoms with Crippen molar-refractivity contribution in [2.24, 2.45) is 5.41 Å². The molecule has 0 bridgehead atoms. The fourth-order valence-electron chi connectivity index (χ4n) is 3.15. The van der Waals surface area contributed by atoms with Crippen molar-refractivity contribution in [3.63, 3.8) is 0 Å². The number of tetrazole rings is 1. The zero-order chi connectivity index (χ0) is 18.6. The molecule has 27 heavy (non-hydrogen) atoms. The number of nitrogens with zero attached hydrogens (tertiary/aromatic N) is 4. The molecule has 1 aliphatic heterocycles. The van der Waals surface area contributed by atoms with E-state index in [0.29, 0.717) is 23.8 Å². The summed E-state index contributed by atoms with van der Waals surface area (Å²) in [5, 5.41) is 19.7. The highest BCUT2D eigenvalue weighted by Gasteiger charge is 2.29. The third kappa shape index (κ3) is 5.40. The van der Waals surface area contributed by atoms with Crippen molar-refractivity contribution in [1.29, 1.82) is 0 Å². The maximum absolute atomic E-state index is 12.7. The SMILES string of the molecule is CCC(C(=O)NCC1(C)CCNCC1)n1nnc(-c2ccc(Cl)cc2)n1.Cl. The zero-order valence-electron chi connectivity index (χ0n) is 15.6. The summed E-state index contributed by atoms with van der Waals surface area (Å²) in [5.41, 5.74) is 0.960. The Morgan fingerprint density at radius 1 is 1.33 bits per heavy atom. The van der Waals surface area contributed by atoms with Crippen molar-refractivity contribution in [2.45, 2.75) is 39.2 Å². The minimum Gasteiger partial charge on any atom is -0.354 e. The molecule has 1 unspecified atom stereocenters. The molecule has 2 aromatic rings. The fraction of sp³-hybridized carbons (Fsp3) is 0.556. The van der Waals surface area contributed by atoms with E-state index in [1.165, 1.54) is 4.80 Å². The summed E-state index contributed by atoms with van der Waals surface area (Å²) in [5.74, 6) is 0.422. The van der Waals surface area contributed by atoms with Crippen LogP contribution in [0.2, 0.25) is 5.02 Å². The van der Waals surface area contributed by atoms with Gasteiger partial charge in [-0.05, 0) is 67.2 Å². The maximum atomic E-state index is 12.7. The molecule has 1 amide bonds. The van der Waals surface area contributed by atoms with E-state index in [0.717, 1.165) is 31.5 Å². The van der Waals surface area contributed by atoms with E-state index >= 15 is 0 Å². The lowest BCUT2D eigenvalue weighted by Gasteiger charge is -2.34. The summed E-state index contributed by atoms with van der Waals surface area (Å²) < 4.78 is 0. The standard InChI is InChI=1S/C18H25ClN6O.ClH/c1-3-15(17(26)21-12-18(2)8-10-20-11-9-18)25-23-16(22-24-25)13-4-6-14(19)7-5-13;/h4-7,15,20H,3,8-12H2,1-2H3,(H,21,26);1H. The average Bonchev–Trinajstić information content (AvgIpc) is 3.12. The maximum Gasteiger partial charge on any atom is 0.246 e. The topological polar surface area (TPSA) is 84.7 Å². The smallest absolute Gasteiger partial charge is 0.246 e. The van der Waals surface area contributed by atoms with Gasteiger partial charge in [0.2, 0.25) is 11.7 Å². The van der Waals surface area contributed by atoms with Gasteiger partial charge in [-0.2, -0.15) is 4.80 Å². The molecule has 3 rings (SSSR count). The number of carbonyl (C=O) groups excluding carboxylic acids is 1. The molecule has 2 heterocycles. The van der Waals surface area contributed by atoms with Crippen LogP contribution >= 0.6 is 24.0 Å². The number of hydrogen-bond acceptors (Lipinski definition) is 5. The number of carbonyl (C=O) groups is 1. The first-order valence-electron chi connectivity index (χ1n) is 9.05. The molecule has 1 atom stereocenters. The highest BCUT2D eigenvalue weighted by atomic mass is 35.5. The largest absolute Gasteiger partial charge is 0.354 e. The van der Waals surface area contributed by atoms with Crippen molar-refractivity contribution in [1.82, 2.24) is 30.8 Å². The van der Waals surface area contributed by atoms with Crippen LogP contribution in [0.5, 0.6) is 0 Å². The van der Waals surface area contributed by atoms with Crippen molar-refractivity contribution in [3.05, 3.63) is 29.3 Å². The normalized spacial score (nSPS) is 17.0. The molecular weight excluding hydrogens is 387 g/mol. The Bertz CT molecular complexity index is 743. The predicted molar refractivity (Wildman–Crippen MR) is 108 cm³/mol. The lowest BCUT2D eigenvalue weighted by molar-refractivity contribution is -0.125. The molecule has 7 nitrogen and oxygen atoms in total. The number of hydrogen-bond donors (Lipinski definition) is 2. The van der Waals surface area contributed by atoms with E-state index in [2.05, 4.69) is 33.0 Å². The Labute approximate surface area is 170 Å². The summed E-state index contributed by atoms with van der Waals surface area (Å²) in [7, 11) is 0. The van der Waals surface area contributed by atoms with Crippen molar-refractivity contribution < 1.29 is 4.79 Å². The molecule has 1 aliphatic rings. The molecule has 1 aromatic carbocycles. The van der Waals surface area contributed by atoms with Gasteiger partial charge in [0.05, 0.1) is 0 Å². The van der Waals surface area contributed by atoms with Gasteiger partial charge >= 0.3 is 0 Å². The number of rotatable bonds is 6. The molecule has 1 fully saturated rings. The quantitative estimate of drug-likeness (QED) is 0.761. The second-order valence-electron chi connectivity index (χ2n) is 7.14. The molecule has 9 heteroatoms. The van der Waals surface area contributed by atoms with Crippen molar-refractivity contribution >= 4 is 29.9 Å². The Kier molecular flexibility index (Phi) is 7.59. The van der Waals surface area contributed by atoms with E-state index < -0.39 is 6.04 Å².